The summed E-state index contributed by atoms with van der Waals surface area (Å²) in [5.74, 6) is -0.0315. The van der Waals surface area contributed by atoms with Crippen molar-refractivity contribution in [2.75, 3.05) is 45.9 Å². The summed E-state index contributed by atoms with van der Waals surface area (Å²) in [6, 6.07) is 0.552. The van der Waals surface area contributed by atoms with Crippen LogP contribution in [0, 0.1) is 0 Å². The van der Waals surface area contributed by atoms with Crippen LogP contribution in [0.25, 0.3) is 0 Å². The van der Waals surface area contributed by atoms with Crippen molar-refractivity contribution in [2.45, 2.75) is 71.6 Å². The molecule has 148 valence electrons. The molecule has 0 saturated carbocycles. The van der Waals surface area contributed by atoms with Gasteiger partial charge in [-0.3, -0.25) is 9.69 Å². The maximum atomic E-state index is 12.3. The highest BCUT2D eigenvalue weighted by Gasteiger charge is 2.29. The first-order valence-corrected chi connectivity index (χ1v) is 9.69. The van der Waals surface area contributed by atoms with E-state index in [0.29, 0.717) is 19.2 Å². The number of ether oxygens (including phenoxy) is 2. The molecule has 0 bridgehead atoms. The fourth-order valence-corrected chi connectivity index (χ4v) is 2.71. The van der Waals surface area contributed by atoms with Crippen LogP contribution in [-0.4, -0.2) is 74.0 Å². The van der Waals surface area contributed by atoms with Gasteiger partial charge in [0.25, 0.3) is 5.91 Å². The Morgan fingerprint density at radius 1 is 1.16 bits per heavy atom. The molecule has 0 radical (unpaired) electrons. The predicted octanol–water partition coefficient (Wildman–Crippen LogP) is 1.79. The van der Waals surface area contributed by atoms with Gasteiger partial charge >= 0.3 is 0 Å². The smallest absolute Gasteiger partial charge is 0.251 e. The van der Waals surface area contributed by atoms with E-state index >= 15 is 0 Å². The van der Waals surface area contributed by atoms with Gasteiger partial charge < -0.3 is 20.1 Å². The molecule has 1 unspecified atom stereocenters. The van der Waals surface area contributed by atoms with E-state index in [1.807, 2.05) is 20.8 Å². The Hall–Kier alpha value is -0.690. The molecule has 25 heavy (non-hydrogen) atoms. The van der Waals surface area contributed by atoms with Gasteiger partial charge in [-0.25, -0.2) is 0 Å². The normalized spacial score (nSPS) is 16.7. The fourth-order valence-electron chi connectivity index (χ4n) is 2.71. The molecule has 6 nitrogen and oxygen atoms in total. The van der Waals surface area contributed by atoms with Crippen molar-refractivity contribution in [3.63, 3.8) is 0 Å². The summed E-state index contributed by atoms with van der Waals surface area (Å²) in [5.41, 5.74) is -0.934. The molecule has 0 aromatic heterocycles. The average molecular weight is 358 g/mol. The SMILES string of the molecule is CCOC(C)(C)CNCCCOC(C)(C)C(=O)NCCC(C)N1CC1. The molecule has 1 amide bonds. The first-order valence-electron chi connectivity index (χ1n) is 9.69. The van der Waals surface area contributed by atoms with Gasteiger partial charge in [-0.1, -0.05) is 0 Å². The molecule has 0 aromatic rings. The van der Waals surface area contributed by atoms with Crippen LogP contribution >= 0.6 is 0 Å². The van der Waals surface area contributed by atoms with Crippen molar-refractivity contribution in [1.29, 1.82) is 0 Å². The van der Waals surface area contributed by atoms with Crippen molar-refractivity contribution >= 4 is 5.91 Å². The third-order valence-corrected chi connectivity index (χ3v) is 4.55. The number of nitrogens with zero attached hydrogens (tertiary/aromatic N) is 1. The van der Waals surface area contributed by atoms with Crippen LogP contribution in [0.5, 0.6) is 0 Å². The van der Waals surface area contributed by atoms with Gasteiger partial charge in [-0.15, -0.1) is 0 Å². The zero-order chi connectivity index (χ0) is 18.9. The van der Waals surface area contributed by atoms with Gasteiger partial charge in [-0.05, 0) is 60.9 Å². The predicted molar refractivity (Wildman–Crippen MR) is 102 cm³/mol. The van der Waals surface area contributed by atoms with Crippen LogP contribution < -0.4 is 10.6 Å². The molecule has 6 heteroatoms. The number of hydrogen-bond donors (Lipinski definition) is 2. The minimum atomic E-state index is -0.784. The zero-order valence-corrected chi connectivity index (χ0v) is 17.1. The van der Waals surface area contributed by atoms with Crippen molar-refractivity contribution in [3.8, 4) is 0 Å². The van der Waals surface area contributed by atoms with Crippen LogP contribution in [0.2, 0.25) is 0 Å². The first-order chi connectivity index (χ1) is 11.7. The third kappa shape index (κ3) is 9.54. The van der Waals surface area contributed by atoms with E-state index in [1.54, 1.807) is 0 Å². The average Bonchev–Trinajstić information content (AvgIpc) is 3.35. The molecule has 1 aliphatic heterocycles. The largest absolute Gasteiger partial charge is 0.375 e. The molecule has 1 fully saturated rings. The van der Waals surface area contributed by atoms with Crippen LogP contribution in [0.1, 0.15) is 54.4 Å². The number of amides is 1. The number of rotatable bonds is 14. The Morgan fingerprint density at radius 2 is 1.84 bits per heavy atom. The summed E-state index contributed by atoms with van der Waals surface area (Å²) in [5, 5.41) is 6.38. The Morgan fingerprint density at radius 3 is 2.44 bits per heavy atom. The van der Waals surface area contributed by atoms with Crippen molar-refractivity contribution in [3.05, 3.63) is 0 Å². The van der Waals surface area contributed by atoms with Crippen molar-refractivity contribution < 1.29 is 14.3 Å². The van der Waals surface area contributed by atoms with Crippen LogP contribution in [0.3, 0.4) is 0 Å². The summed E-state index contributed by atoms with van der Waals surface area (Å²) in [4.78, 5) is 14.7. The summed E-state index contributed by atoms with van der Waals surface area (Å²) < 4.78 is 11.4. The van der Waals surface area contributed by atoms with Crippen LogP contribution in [-0.2, 0) is 14.3 Å². The highest BCUT2D eigenvalue weighted by Crippen LogP contribution is 2.13. The molecular formula is C19H39N3O3. The van der Waals surface area contributed by atoms with Gasteiger partial charge in [0.05, 0.1) is 5.60 Å². The van der Waals surface area contributed by atoms with Crippen molar-refractivity contribution in [2.24, 2.45) is 0 Å². The second kappa shape index (κ2) is 10.5. The Balaban J connectivity index is 2.09. The van der Waals surface area contributed by atoms with Gasteiger partial charge in [-0.2, -0.15) is 0 Å². The number of hydrogen-bond acceptors (Lipinski definition) is 5. The molecule has 1 atom stereocenters. The Labute approximate surface area is 154 Å². The van der Waals surface area contributed by atoms with E-state index in [1.165, 1.54) is 13.1 Å². The molecule has 1 aliphatic rings. The number of carbonyl (C=O) groups is 1. The Kier molecular flexibility index (Phi) is 9.35. The lowest BCUT2D eigenvalue weighted by molar-refractivity contribution is -0.142. The van der Waals surface area contributed by atoms with Gasteiger partial charge in [0.15, 0.2) is 0 Å². The lowest BCUT2D eigenvalue weighted by Gasteiger charge is -2.26. The molecule has 0 spiro atoms. The van der Waals surface area contributed by atoms with Gasteiger partial charge in [0.2, 0.25) is 0 Å². The number of carbonyl (C=O) groups excluding carboxylic acids is 1. The van der Waals surface area contributed by atoms with E-state index in [-0.39, 0.29) is 11.5 Å². The van der Waals surface area contributed by atoms with Crippen LogP contribution in [0.4, 0.5) is 0 Å². The van der Waals surface area contributed by atoms with Gasteiger partial charge in [0.1, 0.15) is 5.60 Å². The minimum absolute atomic E-state index is 0.0315. The third-order valence-electron chi connectivity index (χ3n) is 4.55. The molecule has 1 saturated heterocycles. The van der Waals surface area contributed by atoms with E-state index in [2.05, 4.69) is 36.3 Å². The molecule has 2 N–H and O–H groups in total. The molecule has 1 heterocycles. The minimum Gasteiger partial charge on any atom is -0.375 e. The van der Waals surface area contributed by atoms with Gasteiger partial charge in [0, 0.05) is 45.4 Å². The molecule has 0 aromatic carbocycles. The van der Waals surface area contributed by atoms with E-state index in [9.17, 15) is 4.79 Å². The second-order valence-electron chi connectivity index (χ2n) is 8.01. The highest BCUT2D eigenvalue weighted by atomic mass is 16.5. The summed E-state index contributed by atoms with van der Waals surface area (Å²) >= 11 is 0. The standard InChI is InChI=1S/C19H39N3O3/c1-7-24-18(3,4)15-20-10-8-14-25-19(5,6)17(23)21-11-9-16(2)22-12-13-22/h16,20H,7-15H2,1-6H3,(H,21,23). The first kappa shape index (κ1) is 22.4. The molecule has 0 aliphatic carbocycles. The maximum absolute atomic E-state index is 12.3. The summed E-state index contributed by atoms with van der Waals surface area (Å²) in [6.07, 6.45) is 1.85. The van der Waals surface area contributed by atoms with E-state index in [4.69, 9.17) is 9.47 Å². The Bertz CT molecular complexity index is 395. The van der Waals surface area contributed by atoms with E-state index < -0.39 is 5.60 Å². The number of nitrogens with one attached hydrogen (secondary N) is 2. The monoisotopic (exact) mass is 357 g/mol. The van der Waals surface area contributed by atoms with Crippen LogP contribution in [0.15, 0.2) is 0 Å². The summed E-state index contributed by atoms with van der Waals surface area (Å²) in [7, 11) is 0. The second-order valence-corrected chi connectivity index (χ2v) is 8.01. The molecule has 1 rings (SSSR count). The lowest BCUT2D eigenvalue weighted by atomic mass is 10.1. The summed E-state index contributed by atoms with van der Waals surface area (Å²) in [6.45, 7) is 18.1. The zero-order valence-electron chi connectivity index (χ0n) is 17.1. The van der Waals surface area contributed by atoms with Crippen molar-refractivity contribution in [1.82, 2.24) is 15.5 Å². The quantitative estimate of drug-likeness (QED) is 0.367. The molecular weight excluding hydrogens is 318 g/mol. The lowest BCUT2D eigenvalue weighted by Crippen LogP contribution is -2.45. The maximum Gasteiger partial charge on any atom is 0.251 e. The highest BCUT2D eigenvalue weighted by molar-refractivity contribution is 5.84. The topological polar surface area (TPSA) is 62.6 Å². The fraction of sp³-hybridized carbons (Fsp3) is 0.947. The van der Waals surface area contributed by atoms with E-state index in [0.717, 1.165) is 32.5 Å².